The first-order valence-electron chi connectivity index (χ1n) is 5.26. The summed E-state index contributed by atoms with van der Waals surface area (Å²) in [6.45, 7) is 0. The van der Waals surface area contributed by atoms with Crippen molar-refractivity contribution in [2.45, 2.75) is 6.43 Å². The van der Waals surface area contributed by atoms with Crippen LogP contribution < -0.4 is 5.32 Å². The Labute approximate surface area is 102 Å². The van der Waals surface area contributed by atoms with E-state index in [9.17, 15) is 13.6 Å². The molecular weight excluding hydrogens is 238 g/mol. The average molecular weight is 248 g/mol. The van der Waals surface area contributed by atoms with Crippen molar-refractivity contribution in [3.63, 3.8) is 0 Å². The van der Waals surface area contributed by atoms with E-state index in [0.29, 0.717) is 23.4 Å². The Morgan fingerprint density at radius 1 is 1.11 bits per heavy atom. The number of aromatic nitrogens is 1. The summed E-state index contributed by atoms with van der Waals surface area (Å²) in [7, 11) is 0. The van der Waals surface area contributed by atoms with Crippen LogP contribution in [0.5, 0.6) is 0 Å². The van der Waals surface area contributed by atoms with Crippen LogP contribution in [0.1, 0.15) is 12.1 Å². The number of halogens is 2. The zero-order valence-electron chi connectivity index (χ0n) is 9.31. The van der Waals surface area contributed by atoms with Crippen LogP contribution in [0.3, 0.4) is 0 Å². The molecular formula is C13H10F2N2O. The maximum absolute atomic E-state index is 12.5. The van der Waals surface area contributed by atoms with Gasteiger partial charge in [0.1, 0.15) is 5.69 Å². The van der Waals surface area contributed by atoms with Gasteiger partial charge in [-0.25, -0.2) is 13.8 Å². The molecule has 0 bridgehead atoms. The van der Waals surface area contributed by atoms with Gasteiger partial charge in [0.05, 0.1) is 5.69 Å². The number of carbonyl (C=O) groups excluding carboxylic acids is 1. The van der Waals surface area contributed by atoms with Crippen molar-refractivity contribution in [3.8, 4) is 11.3 Å². The SMILES string of the molecule is O=CNc1ccc(-c2cccc(C(F)F)n2)cc1. The summed E-state index contributed by atoms with van der Waals surface area (Å²) in [5, 5.41) is 2.49. The van der Waals surface area contributed by atoms with Crippen molar-refractivity contribution >= 4 is 12.1 Å². The molecule has 0 aliphatic carbocycles. The minimum Gasteiger partial charge on any atom is -0.329 e. The van der Waals surface area contributed by atoms with Crippen LogP contribution in [-0.2, 0) is 4.79 Å². The Hall–Kier alpha value is -2.30. The summed E-state index contributed by atoms with van der Waals surface area (Å²) in [4.78, 5) is 14.1. The topological polar surface area (TPSA) is 42.0 Å². The number of amides is 1. The van der Waals surface area contributed by atoms with Gasteiger partial charge in [-0.2, -0.15) is 0 Å². The van der Waals surface area contributed by atoms with E-state index < -0.39 is 6.43 Å². The molecule has 3 nitrogen and oxygen atoms in total. The van der Waals surface area contributed by atoms with E-state index in [2.05, 4.69) is 10.3 Å². The van der Waals surface area contributed by atoms with Crippen molar-refractivity contribution in [2.75, 3.05) is 5.32 Å². The molecule has 0 aliphatic heterocycles. The molecule has 1 aromatic heterocycles. The second-order valence-electron chi connectivity index (χ2n) is 3.59. The molecule has 1 aromatic carbocycles. The molecule has 0 radical (unpaired) electrons. The zero-order valence-corrected chi connectivity index (χ0v) is 9.31. The molecule has 18 heavy (non-hydrogen) atoms. The third-order valence-corrected chi connectivity index (χ3v) is 2.40. The minimum atomic E-state index is -2.58. The van der Waals surface area contributed by atoms with E-state index >= 15 is 0 Å². The molecule has 1 heterocycles. The third-order valence-electron chi connectivity index (χ3n) is 2.40. The van der Waals surface area contributed by atoms with E-state index in [-0.39, 0.29) is 5.69 Å². The Bertz CT molecular complexity index is 541. The molecule has 0 spiro atoms. The molecule has 5 heteroatoms. The van der Waals surface area contributed by atoms with Gasteiger partial charge in [0.15, 0.2) is 0 Å². The van der Waals surface area contributed by atoms with Gasteiger partial charge in [0.25, 0.3) is 6.43 Å². The molecule has 0 saturated heterocycles. The van der Waals surface area contributed by atoms with Gasteiger partial charge < -0.3 is 5.32 Å². The summed E-state index contributed by atoms with van der Waals surface area (Å²) in [5.74, 6) is 0. The minimum absolute atomic E-state index is 0.248. The zero-order chi connectivity index (χ0) is 13.0. The van der Waals surface area contributed by atoms with Gasteiger partial charge in [-0.15, -0.1) is 0 Å². The summed E-state index contributed by atoms with van der Waals surface area (Å²) < 4.78 is 25.0. The number of hydrogen-bond acceptors (Lipinski definition) is 2. The first-order chi connectivity index (χ1) is 8.70. The summed E-state index contributed by atoms with van der Waals surface area (Å²) in [6, 6.07) is 11.3. The number of anilines is 1. The normalized spacial score (nSPS) is 10.4. The first kappa shape index (κ1) is 12.2. The van der Waals surface area contributed by atoms with Gasteiger partial charge in [-0.1, -0.05) is 18.2 Å². The Balaban J connectivity index is 2.30. The lowest BCUT2D eigenvalue weighted by Gasteiger charge is -2.05. The summed E-state index contributed by atoms with van der Waals surface area (Å²) >= 11 is 0. The van der Waals surface area contributed by atoms with Crippen LogP contribution in [0.25, 0.3) is 11.3 Å². The Morgan fingerprint density at radius 3 is 2.44 bits per heavy atom. The third kappa shape index (κ3) is 2.68. The van der Waals surface area contributed by atoms with Crippen molar-refractivity contribution in [2.24, 2.45) is 0 Å². The van der Waals surface area contributed by atoms with Crippen molar-refractivity contribution in [1.29, 1.82) is 0 Å². The lowest BCUT2D eigenvalue weighted by atomic mass is 10.1. The molecule has 1 N–H and O–H groups in total. The molecule has 0 unspecified atom stereocenters. The average Bonchev–Trinajstić information content (AvgIpc) is 2.40. The lowest BCUT2D eigenvalue weighted by molar-refractivity contribution is -0.105. The van der Waals surface area contributed by atoms with Crippen LogP contribution in [0.15, 0.2) is 42.5 Å². The van der Waals surface area contributed by atoms with E-state index in [1.54, 1.807) is 36.4 Å². The second kappa shape index (κ2) is 5.35. The number of pyridine rings is 1. The number of nitrogens with one attached hydrogen (secondary N) is 1. The molecule has 2 rings (SSSR count). The van der Waals surface area contributed by atoms with Gasteiger partial charge in [0.2, 0.25) is 6.41 Å². The molecule has 0 atom stereocenters. The lowest BCUT2D eigenvalue weighted by Crippen LogP contribution is -1.94. The maximum Gasteiger partial charge on any atom is 0.280 e. The van der Waals surface area contributed by atoms with E-state index in [1.807, 2.05) is 0 Å². The van der Waals surface area contributed by atoms with Gasteiger partial charge >= 0.3 is 0 Å². The first-order valence-corrected chi connectivity index (χ1v) is 5.26. The van der Waals surface area contributed by atoms with Crippen molar-refractivity contribution in [3.05, 3.63) is 48.2 Å². The highest BCUT2D eigenvalue weighted by Crippen LogP contribution is 2.23. The summed E-state index contributed by atoms with van der Waals surface area (Å²) in [5.41, 5.74) is 1.58. The fourth-order valence-corrected chi connectivity index (χ4v) is 1.54. The van der Waals surface area contributed by atoms with Crippen LogP contribution in [-0.4, -0.2) is 11.4 Å². The van der Waals surface area contributed by atoms with Gasteiger partial charge in [0, 0.05) is 11.3 Å². The quantitative estimate of drug-likeness (QED) is 0.844. The van der Waals surface area contributed by atoms with Gasteiger partial charge in [-0.3, -0.25) is 4.79 Å². The van der Waals surface area contributed by atoms with Crippen molar-refractivity contribution < 1.29 is 13.6 Å². The second-order valence-corrected chi connectivity index (χ2v) is 3.59. The van der Waals surface area contributed by atoms with Crippen LogP contribution >= 0.6 is 0 Å². The standard InChI is InChI=1S/C13H10F2N2O/c14-13(15)12-3-1-2-11(17-12)9-4-6-10(7-5-9)16-8-18/h1-8,13H,(H,16,18). The molecule has 0 fully saturated rings. The van der Waals surface area contributed by atoms with E-state index in [0.717, 1.165) is 0 Å². The highest BCUT2D eigenvalue weighted by atomic mass is 19.3. The molecule has 2 aromatic rings. The predicted octanol–water partition coefficient (Wildman–Crippen LogP) is 3.25. The largest absolute Gasteiger partial charge is 0.329 e. The van der Waals surface area contributed by atoms with Gasteiger partial charge in [-0.05, 0) is 24.3 Å². The number of nitrogens with zero attached hydrogens (tertiary/aromatic N) is 1. The predicted molar refractivity (Wildman–Crippen MR) is 64.3 cm³/mol. The van der Waals surface area contributed by atoms with Crippen LogP contribution in [0, 0.1) is 0 Å². The highest BCUT2D eigenvalue weighted by Gasteiger charge is 2.09. The number of rotatable bonds is 4. The molecule has 0 aliphatic rings. The Morgan fingerprint density at radius 2 is 1.83 bits per heavy atom. The number of alkyl halides is 2. The number of carbonyl (C=O) groups is 1. The smallest absolute Gasteiger partial charge is 0.280 e. The Kier molecular flexibility index (Phi) is 3.62. The van der Waals surface area contributed by atoms with E-state index in [4.69, 9.17) is 0 Å². The molecule has 1 amide bonds. The van der Waals surface area contributed by atoms with E-state index in [1.165, 1.54) is 6.07 Å². The number of hydrogen-bond donors (Lipinski definition) is 1. The fraction of sp³-hybridized carbons (Fsp3) is 0.0769. The fourth-order valence-electron chi connectivity index (χ4n) is 1.54. The number of benzene rings is 1. The highest BCUT2D eigenvalue weighted by molar-refractivity contribution is 5.73. The molecule has 0 saturated carbocycles. The van der Waals surface area contributed by atoms with Crippen molar-refractivity contribution in [1.82, 2.24) is 4.98 Å². The molecule has 92 valence electrons. The maximum atomic E-state index is 12.5. The van der Waals surface area contributed by atoms with Crippen LogP contribution in [0.2, 0.25) is 0 Å². The summed E-state index contributed by atoms with van der Waals surface area (Å²) in [6.07, 6.45) is -2.01. The monoisotopic (exact) mass is 248 g/mol. The van der Waals surface area contributed by atoms with Crippen LogP contribution in [0.4, 0.5) is 14.5 Å².